The Morgan fingerprint density at radius 3 is 1.12 bits per heavy atom. The van der Waals surface area contributed by atoms with E-state index in [-0.39, 0.29) is 25.9 Å². The second-order valence-electron chi connectivity index (χ2n) is 20.1. The first-order valence-corrected chi connectivity index (χ1v) is 32.0. The summed E-state index contributed by atoms with van der Waals surface area (Å²) >= 11 is 0. The van der Waals surface area contributed by atoms with Gasteiger partial charge in [0.05, 0.1) is 19.8 Å². The zero-order chi connectivity index (χ0) is 55.5. The molecule has 0 saturated heterocycles. The predicted octanol–water partition coefficient (Wildman–Crippen LogP) is 18.3. The van der Waals surface area contributed by atoms with Crippen molar-refractivity contribution in [2.75, 3.05) is 26.4 Å². The fraction of sp³-hybridized carbons (Fsp3) is 0.734. The molecule has 0 aliphatic carbocycles. The van der Waals surface area contributed by atoms with E-state index in [2.05, 4.69) is 93.7 Å². The van der Waals surface area contributed by atoms with E-state index in [1.807, 2.05) is 12.2 Å². The third kappa shape index (κ3) is 55.4. The topological polar surface area (TPSA) is 155 Å². The summed E-state index contributed by atoms with van der Waals surface area (Å²) in [7, 11) is -4.77. The summed E-state index contributed by atoms with van der Waals surface area (Å²) in [5, 5.41) is 9.82. The molecule has 0 aliphatic heterocycles. The Labute approximate surface area is 464 Å². The number of carbonyl (C=O) groups excluding carboxylic acids is 3. The van der Waals surface area contributed by atoms with Crippen molar-refractivity contribution >= 4 is 25.7 Å². The van der Waals surface area contributed by atoms with Crippen LogP contribution in [0.25, 0.3) is 0 Å². The minimum absolute atomic E-state index is 0.100. The van der Waals surface area contributed by atoms with Gasteiger partial charge in [-0.1, -0.05) is 247 Å². The van der Waals surface area contributed by atoms with Gasteiger partial charge in [-0.3, -0.25) is 23.4 Å². The van der Waals surface area contributed by atoms with Crippen LogP contribution in [0.2, 0.25) is 0 Å². The highest BCUT2D eigenvalue weighted by atomic mass is 31.2. The summed E-state index contributed by atoms with van der Waals surface area (Å²) in [5.74, 6) is -1.57. The quantitative estimate of drug-likeness (QED) is 0.0197. The smallest absolute Gasteiger partial charge is 0.462 e. The SMILES string of the molecule is CC/C=C\C/C=C\C/C=C\C/C=C\C/C=C\C/C=C\CCC(=O)OCC(COP(=O)(O)OCC(CO)OC(=O)CCCCCCC/C=C\CCCCCC)OC(=O)CCCCCCCCCCCCCCCCCCC. The van der Waals surface area contributed by atoms with E-state index in [0.717, 1.165) is 96.3 Å². The van der Waals surface area contributed by atoms with E-state index < -0.39 is 57.8 Å². The summed E-state index contributed by atoms with van der Waals surface area (Å²) in [6, 6.07) is 0. The lowest BCUT2D eigenvalue weighted by Gasteiger charge is -2.21. The molecule has 76 heavy (non-hydrogen) atoms. The van der Waals surface area contributed by atoms with Gasteiger partial charge in [-0.15, -0.1) is 0 Å². The van der Waals surface area contributed by atoms with E-state index in [4.69, 9.17) is 23.3 Å². The normalized spacial score (nSPS) is 13.9. The first-order valence-electron chi connectivity index (χ1n) is 30.5. The van der Waals surface area contributed by atoms with E-state index >= 15 is 0 Å². The summed E-state index contributed by atoms with van der Waals surface area (Å²) < 4.78 is 39.5. The van der Waals surface area contributed by atoms with Crippen LogP contribution in [0.4, 0.5) is 0 Å². The van der Waals surface area contributed by atoms with Gasteiger partial charge in [0.1, 0.15) is 12.7 Å². The predicted molar refractivity (Wildman–Crippen MR) is 316 cm³/mol. The Bertz CT molecular complexity index is 1600. The van der Waals surface area contributed by atoms with Gasteiger partial charge in [-0.2, -0.15) is 0 Å². The van der Waals surface area contributed by atoms with E-state index in [1.54, 1.807) is 0 Å². The van der Waals surface area contributed by atoms with Gasteiger partial charge in [0.15, 0.2) is 6.10 Å². The molecule has 0 rings (SSSR count). The number of rotatable bonds is 56. The molecule has 0 spiro atoms. The number of aliphatic hydroxyl groups is 1. The second-order valence-corrected chi connectivity index (χ2v) is 21.6. The molecule has 3 atom stereocenters. The van der Waals surface area contributed by atoms with Crippen molar-refractivity contribution < 1.29 is 52.2 Å². The molecule has 0 aromatic carbocycles. The van der Waals surface area contributed by atoms with Crippen LogP contribution in [0.5, 0.6) is 0 Å². The number of aliphatic hydroxyl groups excluding tert-OH is 1. The average Bonchev–Trinajstić information content (AvgIpc) is 3.41. The highest BCUT2D eigenvalue weighted by molar-refractivity contribution is 7.47. The number of phosphoric ester groups is 1. The molecule has 0 fully saturated rings. The molecule has 0 amide bonds. The monoisotopic (exact) mass is 1090 g/mol. The maximum absolute atomic E-state index is 12.9. The minimum atomic E-state index is -4.77. The van der Waals surface area contributed by atoms with Gasteiger partial charge < -0.3 is 24.2 Å². The van der Waals surface area contributed by atoms with Crippen molar-refractivity contribution in [1.82, 2.24) is 0 Å². The van der Waals surface area contributed by atoms with Crippen LogP contribution >= 0.6 is 7.82 Å². The average molecular weight is 1090 g/mol. The van der Waals surface area contributed by atoms with Crippen LogP contribution < -0.4 is 0 Å². The van der Waals surface area contributed by atoms with Crippen LogP contribution in [0.1, 0.15) is 265 Å². The Balaban J connectivity index is 4.81. The number of phosphoric acid groups is 1. The summed E-state index contributed by atoms with van der Waals surface area (Å²) in [6.45, 7) is 4.45. The second kappa shape index (κ2) is 57.8. The van der Waals surface area contributed by atoms with Gasteiger partial charge >= 0.3 is 25.7 Å². The van der Waals surface area contributed by atoms with Crippen molar-refractivity contribution in [3.8, 4) is 0 Å². The van der Waals surface area contributed by atoms with Crippen LogP contribution in [0, 0.1) is 0 Å². The molecule has 3 unspecified atom stereocenters. The van der Waals surface area contributed by atoms with E-state index in [1.165, 1.54) is 109 Å². The molecule has 11 nitrogen and oxygen atoms in total. The van der Waals surface area contributed by atoms with E-state index in [0.29, 0.717) is 19.3 Å². The first kappa shape index (κ1) is 72.7. The zero-order valence-electron chi connectivity index (χ0n) is 48.5. The Hall–Kier alpha value is -3.34. The molecule has 0 radical (unpaired) electrons. The van der Waals surface area contributed by atoms with Gasteiger partial charge in [-0.05, 0) is 83.5 Å². The van der Waals surface area contributed by atoms with Crippen molar-refractivity contribution in [2.45, 2.75) is 277 Å². The van der Waals surface area contributed by atoms with Crippen LogP contribution in [0.3, 0.4) is 0 Å². The zero-order valence-corrected chi connectivity index (χ0v) is 49.3. The Morgan fingerprint density at radius 1 is 0.382 bits per heavy atom. The third-order valence-electron chi connectivity index (χ3n) is 12.8. The van der Waals surface area contributed by atoms with Crippen LogP contribution in [0.15, 0.2) is 85.1 Å². The van der Waals surface area contributed by atoms with Gasteiger partial charge in [0, 0.05) is 19.3 Å². The maximum atomic E-state index is 12.9. The molecule has 0 aromatic heterocycles. The van der Waals surface area contributed by atoms with Gasteiger partial charge in [-0.25, -0.2) is 4.57 Å². The Kier molecular flexibility index (Phi) is 55.3. The van der Waals surface area contributed by atoms with Crippen LogP contribution in [-0.4, -0.2) is 66.5 Å². The maximum Gasteiger partial charge on any atom is 0.472 e. The number of hydrogen-bond acceptors (Lipinski definition) is 10. The van der Waals surface area contributed by atoms with Crippen molar-refractivity contribution in [1.29, 1.82) is 0 Å². The fourth-order valence-corrected chi connectivity index (χ4v) is 8.99. The van der Waals surface area contributed by atoms with Crippen molar-refractivity contribution in [3.63, 3.8) is 0 Å². The van der Waals surface area contributed by atoms with E-state index in [9.17, 15) is 28.9 Å². The molecule has 0 aromatic rings. The lowest BCUT2D eigenvalue weighted by Crippen LogP contribution is -2.30. The highest BCUT2D eigenvalue weighted by Gasteiger charge is 2.28. The molecule has 2 N–H and O–H groups in total. The molecule has 438 valence electrons. The summed E-state index contributed by atoms with van der Waals surface area (Å²) in [4.78, 5) is 48.6. The minimum Gasteiger partial charge on any atom is -0.462 e. The molecule has 0 aliphatic rings. The highest BCUT2D eigenvalue weighted by Crippen LogP contribution is 2.43. The number of ether oxygens (including phenoxy) is 3. The standard InChI is InChI=1S/C64H111O11P/c1-4-7-10-13-16-19-22-25-27-29-30-32-33-36-38-41-44-47-50-53-62(66)71-57-61(75-64(68)55-52-49-46-43-40-37-34-31-28-26-23-20-17-14-11-8-5-2)59-73-76(69,70)72-58-60(56-65)74-63(67)54-51-48-45-42-39-35-24-21-18-15-12-9-6-3/h7,10,16,19,21,24-25,27,30,32,36,38,44,47,60-61,65H,4-6,8-9,11-15,17-18,20,22-23,26,28-29,31,33-35,37,39-43,45-46,48-59H2,1-3H3,(H,69,70)/b10-7-,19-16-,24-21-,27-25-,32-30-,38-36-,47-44-. The van der Waals surface area contributed by atoms with Crippen LogP contribution in [-0.2, 0) is 42.2 Å². The van der Waals surface area contributed by atoms with Crippen molar-refractivity contribution in [3.05, 3.63) is 85.1 Å². The molecule has 0 heterocycles. The first-order chi connectivity index (χ1) is 37.2. The largest absolute Gasteiger partial charge is 0.472 e. The van der Waals surface area contributed by atoms with Crippen molar-refractivity contribution in [2.24, 2.45) is 0 Å². The number of esters is 3. The molecule has 12 heteroatoms. The summed E-state index contributed by atoms with van der Waals surface area (Å²) in [6.07, 6.45) is 67.0. The molecular weight excluding hydrogens is 976 g/mol. The fourth-order valence-electron chi connectivity index (χ4n) is 8.20. The third-order valence-corrected chi connectivity index (χ3v) is 13.8. The number of carbonyl (C=O) groups is 3. The lowest BCUT2D eigenvalue weighted by molar-refractivity contribution is -0.161. The lowest BCUT2D eigenvalue weighted by atomic mass is 10.0. The Morgan fingerprint density at radius 2 is 0.711 bits per heavy atom. The molecule has 0 saturated carbocycles. The number of hydrogen-bond donors (Lipinski definition) is 2. The van der Waals surface area contributed by atoms with Gasteiger partial charge in [0.25, 0.3) is 0 Å². The molecule has 0 bridgehead atoms. The number of unbranched alkanes of at least 4 members (excludes halogenated alkanes) is 25. The number of allylic oxidation sites excluding steroid dienone is 14. The summed E-state index contributed by atoms with van der Waals surface area (Å²) in [5.41, 5.74) is 0. The van der Waals surface area contributed by atoms with Gasteiger partial charge in [0.2, 0.25) is 0 Å². The molecular formula is C64H111O11P.